The van der Waals surface area contributed by atoms with Crippen molar-refractivity contribution in [2.75, 3.05) is 0 Å². The van der Waals surface area contributed by atoms with Crippen LogP contribution in [0.5, 0.6) is 0 Å². The van der Waals surface area contributed by atoms with E-state index in [2.05, 4.69) is 9.38 Å². The SMILES string of the molecule is Cc1ccc(S(=O)(=O)/N=C(\N)Cc2cccnc2)cc1. The highest BCUT2D eigenvalue weighted by Gasteiger charge is 2.13. The van der Waals surface area contributed by atoms with Gasteiger partial charge in [0.15, 0.2) is 0 Å². The summed E-state index contributed by atoms with van der Waals surface area (Å²) in [6.07, 6.45) is 3.51. The predicted octanol–water partition coefficient (Wildman–Crippen LogP) is 1.68. The van der Waals surface area contributed by atoms with Crippen LogP contribution in [0.4, 0.5) is 0 Å². The van der Waals surface area contributed by atoms with E-state index >= 15 is 0 Å². The number of amidine groups is 1. The number of hydrogen-bond acceptors (Lipinski definition) is 3. The molecule has 0 aliphatic rings. The van der Waals surface area contributed by atoms with Crippen molar-refractivity contribution in [3.05, 3.63) is 59.9 Å². The van der Waals surface area contributed by atoms with Crippen LogP contribution >= 0.6 is 0 Å². The van der Waals surface area contributed by atoms with E-state index in [9.17, 15) is 8.42 Å². The van der Waals surface area contributed by atoms with Crippen LogP contribution in [-0.2, 0) is 16.4 Å². The van der Waals surface area contributed by atoms with E-state index in [0.717, 1.165) is 11.1 Å². The van der Waals surface area contributed by atoms with E-state index in [4.69, 9.17) is 5.73 Å². The minimum atomic E-state index is -3.75. The lowest BCUT2D eigenvalue weighted by Gasteiger charge is -2.03. The molecule has 20 heavy (non-hydrogen) atoms. The Morgan fingerprint density at radius 3 is 2.55 bits per heavy atom. The van der Waals surface area contributed by atoms with E-state index in [1.165, 1.54) is 12.1 Å². The predicted molar refractivity (Wildman–Crippen MR) is 77.9 cm³/mol. The lowest BCUT2D eigenvalue weighted by molar-refractivity contribution is 0.598. The third-order valence-corrected chi connectivity index (χ3v) is 4.01. The quantitative estimate of drug-likeness (QED) is 0.685. The second kappa shape index (κ2) is 5.83. The number of nitrogens with two attached hydrogens (primary N) is 1. The molecule has 0 atom stereocenters. The highest BCUT2D eigenvalue weighted by Crippen LogP contribution is 2.13. The summed E-state index contributed by atoms with van der Waals surface area (Å²) in [6.45, 7) is 1.89. The summed E-state index contributed by atoms with van der Waals surface area (Å²) in [4.78, 5) is 4.08. The van der Waals surface area contributed by atoms with Gasteiger partial charge in [-0.1, -0.05) is 23.8 Å². The highest BCUT2D eigenvalue weighted by molar-refractivity contribution is 7.90. The van der Waals surface area contributed by atoms with E-state index < -0.39 is 10.0 Å². The number of hydrogen-bond donors (Lipinski definition) is 1. The smallest absolute Gasteiger partial charge is 0.283 e. The van der Waals surface area contributed by atoms with Crippen molar-refractivity contribution in [2.45, 2.75) is 18.2 Å². The first kappa shape index (κ1) is 14.2. The number of aryl methyl sites for hydroxylation is 1. The van der Waals surface area contributed by atoms with E-state index in [-0.39, 0.29) is 17.2 Å². The number of pyridine rings is 1. The molecule has 0 aliphatic heterocycles. The van der Waals surface area contributed by atoms with Gasteiger partial charge in [0.2, 0.25) is 0 Å². The Morgan fingerprint density at radius 1 is 1.25 bits per heavy atom. The van der Waals surface area contributed by atoms with Gasteiger partial charge in [0.1, 0.15) is 5.84 Å². The summed E-state index contributed by atoms with van der Waals surface area (Å²) < 4.78 is 27.8. The van der Waals surface area contributed by atoms with Crippen molar-refractivity contribution in [1.29, 1.82) is 0 Å². The van der Waals surface area contributed by atoms with Crippen LogP contribution in [0.3, 0.4) is 0 Å². The minimum Gasteiger partial charge on any atom is -0.386 e. The molecule has 1 heterocycles. The lowest BCUT2D eigenvalue weighted by Crippen LogP contribution is -2.17. The molecule has 1 aromatic heterocycles. The van der Waals surface area contributed by atoms with Crippen LogP contribution in [0.2, 0.25) is 0 Å². The molecule has 0 amide bonds. The van der Waals surface area contributed by atoms with Crippen LogP contribution in [0.1, 0.15) is 11.1 Å². The molecule has 0 bridgehead atoms. The molecule has 5 nitrogen and oxygen atoms in total. The average molecular weight is 289 g/mol. The first-order chi connectivity index (χ1) is 9.47. The summed E-state index contributed by atoms with van der Waals surface area (Å²) in [5.74, 6) is 0.0403. The number of sulfonamides is 1. The Hall–Kier alpha value is -2.21. The second-order valence-electron chi connectivity index (χ2n) is 4.41. The third kappa shape index (κ3) is 3.64. The van der Waals surface area contributed by atoms with Gasteiger partial charge in [-0.05, 0) is 30.7 Å². The van der Waals surface area contributed by atoms with Crippen LogP contribution in [0.25, 0.3) is 0 Å². The topological polar surface area (TPSA) is 85.4 Å². The molecule has 2 aromatic rings. The molecule has 104 valence electrons. The van der Waals surface area contributed by atoms with Crippen LogP contribution < -0.4 is 5.73 Å². The van der Waals surface area contributed by atoms with Crippen LogP contribution in [0, 0.1) is 6.92 Å². The summed E-state index contributed by atoms with van der Waals surface area (Å²) >= 11 is 0. The summed E-state index contributed by atoms with van der Waals surface area (Å²) in [6, 6.07) is 10.1. The molecule has 0 unspecified atom stereocenters. The van der Waals surface area contributed by atoms with Crippen LogP contribution in [0.15, 0.2) is 58.1 Å². The minimum absolute atomic E-state index is 0.0403. The maximum atomic E-state index is 12.1. The largest absolute Gasteiger partial charge is 0.386 e. The van der Waals surface area contributed by atoms with Gasteiger partial charge < -0.3 is 5.73 Å². The summed E-state index contributed by atoms with van der Waals surface area (Å²) in [5.41, 5.74) is 7.50. The fraction of sp³-hybridized carbons (Fsp3) is 0.143. The number of benzene rings is 1. The van der Waals surface area contributed by atoms with Crippen molar-refractivity contribution >= 4 is 15.9 Å². The molecule has 1 aromatic carbocycles. The second-order valence-corrected chi connectivity index (χ2v) is 6.01. The number of aromatic nitrogens is 1. The molecule has 2 N–H and O–H groups in total. The molecular formula is C14H15N3O2S. The highest BCUT2D eigenvalue weighted by atomic mass is 32.2. The van der Waals surface area contributed by atoms with Gasteiger partial charge in [-0.15, -0.1) is 4.40 Å². The molecule has 0 fully saturated rings. The van der Waals surface area contributed by atoms with Crippen molar-refractivity contribution in [3.63, 3.8) is 0 Å². The zero-order valence-corrected chi connectivity index (χ0v) is 11.8. The van der Waals surface area contributed by atoms with Crippen molar-refractivity contribution in [3.8, 4) is 0 Å². The molecular weight excluding hydrogens is 274 g/mol. The standard InChI is InChI=1S/C14H15N3O2S/c1-11-4-6-13(7-5-11)20(18,19)17-14(15)9-12-3-2-8-16-10-12/h2-8,10H,9H2,1H3,(H2,15,17). The van der Waals surface area contributed by atoms with Gasteiger partial charge in [0, 0.05) is 18.8 Å². The van der Waals surface area contributed by atoms with Crippen molar-refractivity contribution in [2.24, 2.45) is 10.1 Å². The maximum Gasteiger partial charge on any atom is 0.283 e. The Balaban J connectivity index is 2.22. The van der Waals surface area contributed by atoms with Crippen LogP contribution in [-0.4, -0.2) is 19.2 Å². The van der Waals surface area contributed by atoms with Gasteiger partial charge in [-0.25, -0.2) is 0 Å². The normalized spacial score (nSPS) is 12.3. The molecule has 0 saturated heterocycles. The molecule has 0 spiro atoms. The average Bonchev–Trinajstić information content (AvgIpc) is 2.39. The Labute approximate surface area is 118 Å². The number of nitrogens with zero attached hydrogens (tertiary/aromatic N) is 2. The molecule has 0 aliphatic carbocycles. The molecule has 0 saturated carbocycles. The van der Waals surface area contributed by atoms with E-state index in [0.29, 0.717) is 0 Å². The van der Waals surface area contributed by atoms with Crippen molar-refractivity contribution < 1.29 is 8.42 Å². The fourth-order valence-electron chi connectivity index (χ4n) is 1.66. The Kier molecular flexibility index (Phi) is 4.14. The van der Waals surface area contributed by atoms with E-state index in [1.54, 1.807) is 30.6 Å². The van der Waals surface area contributed by atoms with Crippen molar-refractivity contribution in [1.82, 2.24) is 4.98 Å². The van der Waals surface area contributed by atoms with Gasteiger partial charge >= 0.3 is 0 Å². The summed E-state index contributed by atoms with van der Waals surface area (Å²) in [7, 11) is -3.75. The Morgan fingerprint density at radius 2 is 1.95 bits per heavy atom. The molecule has 2 rings (SSSR count). The zero-order chi connectivity index (χ0) is 14.6. The van der Waals surface area contributed by atoms with E-state index in [1.807, 2.05) is 13.0 Å². The lowest BCUT2D eigenvalue weighted by atomic mass is 10.2. The monoisotopic (exact) mass is 289 g/mol. The van der Waals surface area contributed by atoms with Gasteiger partial charge in [-0.3, -0.25) is 4.98 Å². The fourth-order valence-corrected chi connectivity index (χ4v) is 2.62. The molecule has 6 heteroatoms. The van der Waals surface area contributed by atoms with Gasteiger partial charge in [0.05, 0.1) is 4.90 Å². The maximum absolute atomic E-state index is 12.1. The molecule has 0 radical (unpaired) electrons. The first-order valence-electron chi connectivity index (χ1n) is 6.02. The van der Waals surface area contributed by atoms with Gasteiger partial charge in [-0.2, -0.15) is 8.42 Å². The zero-order valence-electron chi connectivity index (χ0n) is 11.0. The third-order valence-electron chi connectivity index (χ3n) is 2.66. The Bertz CT molecular complexity index is 708. The summed E-state index contributed by atoms with van der Waals surface area (Å²) in [5, 5.41) is 0. The first-order valence-corrected chi connectivity index (χ1v) is 7.46. The number of rotatable bonds is 4. The van der Waals surface area contributed by atoms with Gasteiger partial charge in [0.25, 0.3) is 10.0 Å².